The number of nitrogens with zero attached hydrogens (tertiary/aromatic N) is 2. The zero-order valence-corrected chi connectivity index (χ0v) is 9.31. The molecule has 0 N–H and O–H groups in total. The highest BCUT2D eigenvalue weighted by atomic mass is 16.1. The molecule has 0 saturated carbocycles. The first-order valence-corrected chi connectivity index (χ1v) is 5.37. The molecular weight excluding hydrogens is 200 g/mol. The normalized spacial score (nSPS) is 10.6. The summed E-state index contributed by atoms with van der Waals surface area (Å²) in [4.78, 5) is 16.7. The van der Waals surface area contributed by atoms with Gasteiger partial charge in [0.25, 0.3) is 5.56 Å². The zero-order chi connectivity index (χ0) is 11.5. The van der Waals surface area contributed by atoms with Gasteiger partial charge in [-0.2, -0.15) is 0 Å². The van der Waals surface area contributed by atoms with Crippen molar-refractivity contribution in [1.82, 2.24) is 9.55 Å². The van der Waals surface area contributed by atoms with Crippen molar-refractivity contribution in [2.75, 3.05) is 0 Å². The van der Waals surface area contributed by atoms with E-state index in [4.69, 9.17) is 0 Å². The number of allylic oxidation sites excluding steroid dienone is 1. The lowest BCUT2D eigenvalue weighted by molar-refractivity contribution is 0.700. The Morgan fingerprint density at radius 2 is 2.19 bits per heavy atom. The van der Waals surface area contributed by atoms with E-state index in [1.54, 1.807) is 10.6 Å². The lowest BCUT2D eigenvalue weighted by atomic mass is 10.2. The summed E-state index contributed by atoms with van der Waals surface area (Å²) in [5, 5.41) is 0.668. The van der Waals surface area contributed by atoms with Crippen LogP contribution in [0, 0.1) is 0 Å². The molecule has 0 aliphatic carbocycles. The Hall–Kier alpha value is -1.90. The van der Waals surface area contributed by atoms with Crippen molar-refractivity contribution < 1.29 is 0 Å². The van der Waals surface area contributed by atoms with E-state index in [0.717, 1.165) is 17.8 Å². The predicted molar refractivity (Wildman–Crippen MR) is 65.6 cm³/mol. The summed E-state index contributed by atoms with van der Waals surface area (Å²) in [6.07, 6.45) is 2.46. The third-order valence-electron chi connectivity index (χ3n) is 2.57. The topological polar surface area (TPSA) is 34.9 Å². The van der Waals surface area contributed by atoms with Gasteiger partial charge in [0.2, 0.25) is 0 Å². The first kappa shape index (κ1) is 10.6. The van der Waals surface area contributed by atoms with Gasteiger partial charge in [0, 0.05) is 13.0 Å². The van der Waals surface area contributed by atoms with Gasteiger partial charge in [-0.15, -0.1) is 6.58 Å². The van der Waals surface area contributed by atoms with E-state index < -0.39 is 0 Å². The van der Waals surface area contributed by atoms with E-state index in [1.807, 2.05) is 31.2 Å². The lowest BCUT2D eigenvalue weighted by Crippen LogP contribution is -2.24. The Balaban J connectivity index is 2.82. The minimum absolute atomic E-state index is 0.0161. The SMILES string of the molecule is C=CCn1c(CC)nc2ccccc2c1=O. The molecule has 0 amide bonds. The molecule has 3 heteroatoms. The highest BCUT2D eigenvalue weighted by Gasteiger charge is 2.07. The van der Waals surface area contributed by atoms with Crippen molar-refractivity contribution in [3.63, 3.8) is 0 Å². The minimum Gasteiger partial charge on any atom is -0.292 e. The summed E-state index contributed by atoms with van der Waals surface area (Å²) < 4.78 is 1.68. The quantitative estimate of drug-likeness (QED) is 0.734. The highest BCUT2D eigenvalue weighted by Crippen LogP contribution is 2.08. The molecule has 1 aromatic heterocycles. The second-order valence-corrected chi connectivity index (χ2v) is 3.60. The number of fused-ring (bicyclic) bond motifs is 1. The fourth-order valence-corrected chi connectivity index (χ4v) is 1.80. The third-order valence-corrected chi connectivity index (χ3v) is 2.57. The van der Waals surface area contributed by atoms with Crippen molar-refractivity contribution in [3.05, 3.63) is 53.1 Å². The van der Waals surface area contributed by atoms with Gasteiger partial charge in [-0.1, -0.05) is 25.1 Å². The Morgan fingerprint density at radius 3 is 2.88 bits per heavy atom. The van der Waals surface area contributed by atoms with E-state index in [2.05, 4.69) is 11.6 Å². The Morgan fingerprint density at radius 1 is 1.44 bits per heavy atom. The minimum atomic E-state index is 0.0161. The molecule has 16 heavy (non-hydrogen) atoms. The molecule has 0 aliphatic rings. The number of hydrogen-bond donors (Lipinski definition) is 0. The summed E-state index contributed by atoms with van der Waals surface area (Å²) in [7, 11) is 0. The van der Waals surface area contributed by atoms with E-state index in [0.29, 0.717) is 11.9 Å². The maximum Gasteiger partial charge on any atom is 0.261 e. The maximum atomic E-state index is 12.2. The van der Waals surface area contributed by atoms with Gasteiger partial charge in [-0.3, -0.25) is 9.36 Å². The van der Waals surface area contributed by atoms with Crippen molar-refractivity contribution in [3.8, 4) is 0 Å². The molecule has 0 bridgehead atoms. The van der Waals surface area contributed by atoms with Crippen molar-refractivity contribution >= 4 is 10.9 Å². The molecule has 0 atom stereocenters. The van der Waals surface area contributed by atoms with E-state index in [9.17, 15) is 4.79 Å². The van der Waals surface area contributed by atoms with Crippen LogP contribution in [0.2, 0.25) is 0 Å². The Labute approximate surface area is 94.1 Å². The van der Waals surface area contributed by atoms with E-state index in [1.165, 1.54) is 0 Å². The Kier molecular flexibility index (Phi) is 2.86. The van der Waals surface area contributed by atoms with Crippen molar-refractivity contribution in [2.24, 2.45) is 0 Å². The summed E-state index contributed by atoms with van der Waals surface area (Å²) in [5.41, 5.74) is 0.784. The van der Waals surface area contributed by atoms with Crippen LogP contribution in [-0.4, -0.2) is 9.55 Å². The van der Waals surface area contributed by atoms with Gasteiger partial charge >= 0.3 is 0 Å². The average Bonchev–Trinajstić information content (AvgIpc) is 2.33. The summed E-state index contributed by atoms with van der Waals surface area (Å²) in [6, 6.07) is 7.43. The molecule has 82 valence electrons. The van der Waals surface area contributed by atoms with Crippen LogP contribution in [0.5, 0.6) is 0 Å². The van der Waals surface area contributed by atoms with E-state index >= 15 is 0 Å². The number of aryl methyl sites for hydroxylation is 1. The third kappa shape index (κ3) is 1.65. The second kappa shape index (κ2) is 4.31. The summed E-state index contributed by atoms with van der Waals surface area (Å²) in [5.74, 6) is 0.809. The van der Waals surface area contributed by atoms with Crippen LogP contribution >= 0.6 is 0 Å². The van der Waals surface area contributed by atoms with Gasteiger partial charge in [0.1, 0.15) is 5.82 Å². The van der Waals surface area contributed by atoms with Gasteiger partial charge in [0.05, 0.1) is 10.9 Å². The van der Waals surface area contributed by atoms with Gasteiger partial charge in [-0.05, 0) is 12.1 Å². The maximum absolute atomic E-state index is 12.2. The first-order chi connectivity index (χ1) is 7.77. The molecule has 0 aliphatic heterocycles. The average molecular weight is 214 g/mol. The van der Waals surface area contributed by atoms with Gasteiger partial charge < -0.3 is 0 Å². The van der Waals surface area contributed by atoms with Gasteiger partial charge in [-0.25, -0.2) is 4.98 Å². The molecule has 0 radical (unpaired) electrons. The van der Waals surface area contributed by atoms with Crippen LogP contribution < -0.4 is 5.56 Å². The summed E-state index contributed by atoms with van der Waals surface area (Å²) in [6.45, 7) is 6.17. The molecule has 0 unspecified atom stereocenters. The highest BCUT2D eigenvalue weighted by molar-refractivity contribution is 5.77. The molecule has 2 rings (SSSR count). The lowest BCUT2D eigenvalue weighted by Gasteiger charge is -2.09. The van der Waals surface area contributed by atoms with Crippen LogP contribution in [-0.2, 0) is 13.0 Å². The molecule has 1 heterocycles. The number of aromatic nitrogens is 2. The van der Waals surface area contributed by atoms with Crippen LogP contribution in [0.1, 0.15) is 12.7 Å². The van der Waals surface area contributed by atoms with Gasteiger partial charge in [0.15, 0.2) is 0 Å². The molecular formula is C13H14N2O. The van der Waals surface area contributed by atoms with Crippen LogP contribution in [0.15, 0.2) is 41.7 Å². The standard InChI is InChI=1S/C13H14N2O/c1-3-9-15-12(4-2)14-11-8-6-5-7-10(11)13(15)16/h3,5-8H,1,4,9H2,2H3. The first-order valence-electron chi connectivity index (χ1n) is 5.37. The summed E-state index contributed by atoms with van der Waals surface area (Å²) >= 11 is 0. The number of hydrogen-bond acceptors (Lipinski definition) is 2. The van der Waals surface area contributed by atoms with E-state index in [-0.39, 0.29) is 5.56 Å². The number of rotatable bonds is 3. The largest absolute Gasteiger partial charge is 0.292 e. The fraction of sp³-hybridized carbons (Fsp3) is 0.231. The zero-order valence-electron chi connectivity index (χ0n) is 9.31. The number of benzene rings is 1. The van der Waals surface area contributed by atoms with Crippen LogP contribution in [0.4, 0.5) is 0 Å². The Bertz CT molecular complexity index is 584. The second-order valence-electron chi connectivity index (χ2n) is 3.60. The molecule has 0 spiro atoms. The molecule has 1 aromatic carbocycles. The molecule has 0 saturated heterocycles. The fourth-order valence-electron chi connectivity index (χ4n) is 1.80. The molecule has 3 nitrogen and oxygen atoms in total. The smallest absolute Gasteiger partial charge is 0.261 e. The van der Waals surface area contributed by atoms with Crippen LogP contribution in [0.3, 0.4) is 0 Å². The van der Waals surface area contributed by atoms with Crippen molar-refractivity contribution in [1.29, 1.82) is 0 Å². The molecule has 2 aromatic rings. The van der Waals surface area contributed by atoms with Crippen LogP contribution in [0.25, 0.3) is 10.9 Å². The monoisotopic (exact) mass is 214 g/mol. The molecule has 0 fully saturated rings. The number of para-hydroxylation sites is 1. The van der Waals surface area contributed by atoms with Crippen molar-refractivity contribution in [2.45, 2.75) is 19.9 Å². The predicted octanol–water partition coefficient (Wildman–Crippen LogP) is 2.14.